The molecule has 0 radical (unpaired) electrons. The number of hydrogen-bond donors (Lipinski definition) is 0. The predicted octanol–water partition coefficient (Wildman–Crippen LogP) is 2.79. The summed E-state index contributed by atoms with van der Waals surface area (Å²) in [5.41, 5.74) is 5.87. The van der Waals surface area contributed by atoms with Crippen molar-refractivity contribution in [2.24, 2.45) is 7.05 Å². The second-order valence-electron chi connectivity index (χ2n) is 7.00. The van der Waals surface area contributed by atoms with Gasteiger partial charge in [0.05, 0.1) is 18.5 Å². The fraction of sp³-hybridized carbons (Fsp3) is 0.381. The first-order valence-corrected chi connectivity index (χ1v) is 9.34. The highest BCUT2D eigenvalue weighted by molar-refractivity contribution is 5.65. The Hall–Kier alpha value is -2.73. The summed E-state index contributed by atoms with van der Waals surface area (Å²) in [5, 5.41) is 4.28. The average molecular weight is 363 g/mol. The summed E-state index contributed by atoms with van der Waals surface area (Å²) in [4.78, 5) is 12.0. The van der Waals surface area contributed by atoms with Gasteiger partial charge in [0.15, 0.2) is 0 Å². The molecular formula is C21H25N5O. The third-order valence-electron chi connectivity index (χ3n) is 5.22. The zero-order chi connectivity index (χ0) is 18.8. The van der Waals surface area contributed by atoms with Gasteiger partial charge in [-0.2, -0.15) is 5.10 Å². The third kappa shape index (κ3) is 3.71. The van der Waals surface area contributed by atoms with Crippen molar-refractivity contribution >= 4 is 0 Å². The van der Waals surface area contributed by atoms with E-state index >= 15 is 0 Å². The zero-order valence-electron chi connectivity index (χ0n) is 16.1. The van der Waals surface area contributed by atoms with E-state index in [9.17, 15) is 0 Å². The second kappa shape index (κ2) is 7.48. The molecule has 3 aromatic rings. The molecule has 0 saturated heterocycles. The Balaban J connectivity index is 1.61. The summed E-state index contributed by atoms with van der Waals surface area (Å²) >= 11 is 0. The van der Waals surface area contributed by atoms with E-state index in [1.807, 2.05) is 37.0 Å². The molecule has 27 heavy (non-hydrogen) atoms. The maximum absolute atomic E-state index is 5.29. The van der Waals surface area contributed by atoms with Crippen LogP contribution in [0.15, 0.2) is 36.5 Å². The Kier molecular flexibility index (Phi) is 4.90. The topological polar surface area (TPSA) is 56.1 Å². The van der Waals surface area contributed by atoms with E-state index in [4.69, 9.17) is 14.7 Å². The van der Waals surface area contributed by atoms with Gasteiger partial charge in [0.2, 0.25) is 0 Å². The van der Waals surface area contributed by atoms with E-state index in [0.717, 1.165) is 55.3 Å². The van der Waals surface area contributed by atoms with Crippen LogP contribution in [0.4, 0.5) is 0 Å². The van der Waals surface area contributed by atoms with Crippen molar-refractivity contribution in [2.45, 2.75) is 26.3 Å². The van der Waals surface area contributed by atoms with Gasteiger partial charge in [-0.15, -0.1) is 0 Å². The van der Waals surface area contributed by atoms with Crippen LogP contribution >= 0.6 is 0 Å². The number of aromatic nitrogens is 4. The number of aryl methyl sites for hydroxylation is 2. The Morgan fingerprint density at radius 3 is 2.52 bits per heavy atom. The van der Waals surface area contributed by atoms with Crippen LogP contribution in [0.1, 0.15) is 22.8 Å². The molecule has 1 aliphatic heterocycles. The molecule has 0 spiro atoms. The minimum absolute atomic E-state index is 0.833. The van der Waals surface area contributed by atoms with Gasteiger partial charge in [-0.05, 0) is 43.7 Å². The lowest BCUT2D eigenvalue weighted by molar-refractivity contribution is 0.271. The molecule has 0 saturated carbocycles. The zero-order valence-corrected chi connectivity index (χ0v) is 16.1. The van der Waals surface area contributed by atoms with Crippen LogP contribution in [0.3, 0.4) is 0 Å². The SMILES string of the molecule is COc1ccc(-c2nc(C)nc3c2CCN(Cc2ccnn2C)CC3)cc1. The largest absolute Gasteiger partial charge is 0.497 e. The van der Waals surface area contributed by atoms with Crippen LogP contribution in [-0.4, -0.2) is 44.8 Å². The van der Waals surface area contributed by atoms with Crippen LogP contribution in [0, 0.1) is 6.92 Å². The molecule has 1 aromatic carbocycles. The number of ether oxygens (including phenoxy) is 1. The monoisotopic (exact) mass is 363 g/mol. The highest BCUT2D eigenvalue weighted by atomic mass is 16.5. The molecule has 0 bridgehead atoms. The van der Waals surface area contributed by atoms with Crippen molar-refractivity contribution in [3.05, 3.63) is 59.3 Å². The van der Waals surface area contributed by atoms with Gasteiger partial charge in [0, 0.05) is 56.1 Å². The van der Waals surface area contributed by atoms with Gasteiger partial charge in [-0.1, -0.05) is 0 Å². The number of hydrogen-bond acceptors (Lipinski definition) is 5. The predicted molar refractivity (Wildman–Crippen MR) is 105 cm³/mol. The number of nitrogens with zero attached hydrogens (tertiary/aromatic N) is 5. The summed E-state index contributed by atoms with van der Waals surface area (Å²) in [6, 6.07) is 10.2. The maximum atomic E-state index is 5.29. The molecule has 0 aliphatic carbocycles. The Morgan fingerprint density at radius 1 is 1.04 bits per heavy atom. The Bertz CT molecular complexity index is 932. The van der Waals surface area contributed by atoms with E-state index in [1.165, 1.54) is 17.0 Å². The summed E-state index contributed by atoms with van der Waals surface area (Å²) in [5.74, 6) is 1.69. The van der Waals surface area contributed by atoms with Crippen molar-refractivity contribution in [2.75, 3.05) is 20.2 Å². The van der Waals surface area contributed by atoms with Crippen LogP contribution in [0.2, 0.25) is 0 Å². The minimum Gasteiger partial charge on any atom is -0.497 e. The lowest BCUT2D eigenvalue weighted by Crippen LogP contribution is -2.27. The Morgan fingerprint density at radius 2 is 1.81 bits per heavy atom. The fourth-order valence-corrected chi connectivity index (χ4v) is 3.70. The normalized spacial score (nSPS) is 14.6. The molecule has 0 amide bonds. The molecule has 6 nitrogen and oxygen atoms in total. The van der Waals surface area contributed by atoms with Crippen LogP contribution < -0.4 is 4.74 Å². The summed E-state index contributed by atoms with van der Waals surface area (Å²) < 4.78 is 7.24. The van der Waals surface area contributed by atoms with Crippen molar-refractivity contribution < 1.29 is 4.74 Å². The molecule has 0 fully saturated rings. The van der Waals surface area contributed by atoms with Gasteiger partial charge in [0.25, 0.3) is 0 Å². The molecular weight excluding hydrogens is 338 g/mol. The first-order valence-electron chi connectivity index (χ1n) is 9.34. The van der Waals surface area contributed by atoms with Crippen molar-refractivity contribution in [3.63, 3.8) is 0 Å². The number of rotatable bonds is 4. The summed E-state index contributed by atoms with van der Waals surface area (Å²) in [6.45, 7) is 4.88. The van der Waals surface area contributed by atoms with Crippen LogP contribution in [0.5, 0.6) is 5.75 Å². The number of fused-ring (bicyclic) bond motifs is 1. The third-order valence-corrected chi connectivity index (χ3v) is 5.22. The van der Waals surface area contributed by atoms with E-state index in [-0.39, 0.29) is 0 Å². The number of benzene rings is 1. The Labute approximate surface area is 159 Å². The highest BCUT2D eigenvalue weighted by Gasteiger charge is 2.21. The fourth-order valence-electron chi connectivity index (χ4n) is 3.70. The smallest absolute Gasteiger partial charge is 0.126 e. The maximum Gasteiger partial charge on any atom is 0.126 e. The molecule has 0 N–H and O–H groups in total. The average Bonchev–Trinajstić information content (AvgIpc) is 2.97. The second-order valence-corrected chi connectivity index (χ2v) is 7.00. The molecule has 1 aliphatic rings. The molecule has 2 aromatic heterocycles. The lowest BCUT2D eigenvalue weighted by atomic mass is 10.0. The minimum atomic E-state index is 0.833. The van der Waals surface area contributed by atoms with Crippen molar-refractivity contribution in [1.29, 1.82) is 0 Å². The summed E-state index contributed by atoms with van der Waals surface area (Å²) in [7, 11) is 3.69. The molecule has 4 rings (SSSR count). The summed E-state index contributed by atoms with van der Waals surface area (Å²) in [6.07, 6.45) is 3.76. The molecule has 0 atom stereocenters. The van der Waals surface area contributed by atoms with Gasteiger partial charge in [0.1, 0.15) is 11.6 Å². The first kappa shape index (κ1) is 17.7. The van der Waals surface area contributed by atoms with Crippen molar-refractivity contribution in [3.8, 4) is 17.0 Å². The van der Waals surface area contributed by atoms with Crippen LogP contribution in [-0.2, 0) is 26.4 Å². The van der Waals surface area contributed by atoms with Gasteiger partial charge in [-0.3, -0.25) is 9.58 Å². The molecule has 6 heteroatoms. The molecule has 140 valence electrons. The van der Waals surface area contributed by atoms with E-state index in [1.54, 1.807) is 7.11 Å². The first-order chi connectivity index (χ1) is 13.1. The van der Waals surface area contributed by atoms with Crippen molar-refractivity contribution in [1.82, 2.24) is 24.6 Å². The van der Waals surface area contributed by atoms with Gasteiger partial charge in [-0.25, -0.2) is 9.97 Å². The van der Waals surface area contributed by atoms with Crippen LogP contribution in [0.25, 0.3) is 11.3 Å². The van der Waals surface area contributed by atoms with Gasteiger partial charge < -0.3 is 4.74 Å². The van der Waals surface area contributed by atoms with E-state index in [0.29, 0.717) is 0 Å². The van der Waals surface area contributed by atoms with Gasteiger partial charge >= 0.3 is 0 Å². The highest BCUT2D eigenvalue weighted by Crippen LogP contribution is 2.28. The molecule has 0 unspecified atom stereocenters. The number of methoxy groups -OCH3 is 1. The standard InChI is InChI=1S/C21H25N5O/c1-15-23-20-10-13-26(14-17-8-11-22-25(17)2)12-9-19(20)21(24-15)16-4-6-18(27-3)7-5-16/h4-8,11H,9-10,12-14H2,1-3H3. The molecule has 3 heterocycles. The van der Waals surface area contributed by atoms with E-state index < -0.39 is 0 Å². The quantitative estimate of drug-likeness (QED) is 0.713. The lowest BCUT2D eigenvalue weighted by Gasteiger charge is -2.19. The van der Waals surface area contributed by atoms with E-state index in [2.05, 4.69) is 28.2 Å².